The van der Waals surface area contributed by atoms with Gasteiger partial charge in [-0.25, -0.2) is 0 Å². The molecule has 2 N–H and O–H groups in total. The summed E-state index contributed by atoms with van der Waals surface area (Å²) in [5.74, 6) is -0.00537. The van der Waals surface area contributed by atoms with Crippen molar-refractivity contribution in [2.24, 2.45) is 7.05 Å². The number of aromatic nitrogens is 4. The SMILES string of the molecule is Cc1nn(Cc2ccc(C(=O)Nc3cccc(NC(=O)c4ccn(C)n4)c3)o2)c(C)c1Cl. The van der Waals surface area contributed by atoms with E-state index in [1.165, 1.54) is 0 Å². The van der Waals surface area contributed by atoms with E-state index >= 15 is 0 Å². The summed E-state index contributed by atoms with van der Waals surface area (Å²) in [7, 11) is 1.74. The molecule has 0 radical (unpaired) electrons. The van der Waals surface area contributed by atoms with E-state index in [1.807, 2.05) is 13.8 Å². The van der Waals surface area contributed by atoms with E-state index in [2.05, 4.69) is 20.8 Å². The molecule has 0 saturated carbocycles. The van der Waals surface area contributed by atoms with Gasteiger partial charge in [0.15, 0.2) is 11.5 Å². The Labute approximate surface area is 189 Å². The minimum Gasteiger partial charge on any atom is -0.454 e. The molecule has 0 atom stereocenters. The molecule has 3 aromatic heterocycles. The van der Waals surface area contributed by atoms with Crippen molar-refractivity contribution < 1.29 is 14.0 Å². The highest BCUT2D eigenvalue weighted by molar-refractivity contribution is 6.31. The van der Waals surface area contributed by atoms with E-state index < -0.39 is 5.91 Å². The van der Waals surface area contributed by atoms with E-state index in [0.29, 0.717) is 34.4 Å². The second-order valence-electron chi connectivity index (χ2n) is 7.27. The van der Waals surface area contributed by atoms with Crippen LogP contribution in [-0.4, -0.2) is 31.4 Å². The highest BCUT2D eigenvalue weighted by Gasteiger charge is 2.15. The monoisotopic (exact) mass is 452 g/mol. The summed E-state index contributed by atoms with van der Waals surface area (Å²) in [5.41, 5.74) is 2.91. The average molecular weight is 453 g/mol. The Bertz CT molecular complexity index is 1300. The van der Waals surface area contributed by atoms with Gasteiger partial charge in [0.2, 0.25) is 0 Å². The van der Waals surface area contributed by atoms with Gasteiger partial charge in [0, 0.05) is 24.6 Å². The first-order valence-electron chi connectivity index (χ1n) is 9.81. The third-order valence-corrected chi connectivity index (χ3v) is 5.36. The quantitative estimate of drug-likeness (QED) is 0.459. The van der Waals surface area contributed by atoms with Crippen molar-refractivity contribution in [3.63, 3.8) is 0 Å². The first-order chi connectivity index (χ1) is 15.3. The molecule has 164 valence electrons. The van der Waals surface area contributed by atoms with E-state index in [4.69, 9.17) is 16.0 Å². The van der Waals surface area contributed by atoms with Crippen LogP contribution in [0.5, 0.6) is 0 Å². The molecule has 4 rings (SSSR count). The van der Waals surface area contributed by atoms with Gasteiger partial charge in [0.05, 0.1) is 23.0 Å². The maximum absolute atomic E-state index is 12.6. The summed E-state index contributed by atoms with van der Waals surface area (Å²) in [6.45, 7) is 4.07. The Balaban J connectivity index is 1.41. The molecule has 3 heterocycles. The molecule has 10 heteroatoms. The van der Waals surface area contributed by atoms with E-state index in [9.17, 15) is 9.59 Å². The molecule has 0 unspecified atom stereocenters. The zero-order valence-corrected chi connectivity index (χ0v) is 18.5. The van der Waals surface area contributed by atoms with Crippen molar-refractivity contribution in [3.8, 4) is 0 Å². The number of hydrogen-bond donors (Lipinski definition) is 2. The number of carbonyl (C=O) groups is 2. The molecule has 0 saturated heterocycles. The number of rotatable bonds is 6. The summed E-state index contributed by atoms with van der Waals surface area (Å²) in [4.78, 5) is 24.9. The van der Waals surface area contributed by atoms with Gasteiger partial charge in [0.1, 0.15) is 5.76 Å². The Hall–Kier alpha value is -3.85. The number of aryl methyl sites for hydroxylation is 2. The van der Waals surface area contributed by atoms with E-state index in [0.717, 1.165) is 11.4 Å². The molecule has 9 nitrogen and oxygen atoms in total. The summed E-state index contributed by atoms with van der Waals surface area (Å²) >= 11 is 6.18. The second kappa shape index (κ2) is 8.72. The van der Waals surface area contributed by atoms with Crippen LogP contribution in [0.4, 0.5) is 11.4 Å². The number of halogens is 1. The van der Waals surface area contributed by atoms with Crippen LogP contribution >= 0.6 is 11.6 Å². The molecule has 0 bridgehead atoms. The minimum atomic E-state index is -0.407. The third kappa shape index (κ3) is 4.57. The summed E-state index contributed by atoms with van der Waals surface area (Å²) < 4.78 is 8.96. The van der Waals surface area contributed by atoms with Gasteiger partial charge in [-0.2, -0.15) is 10.2 Å². The van der Waals surface area contributed by atoms with Crippen LogP contribution in [0.25, 0.3) is 0 Å². The Morgan fingerprint density at radius 1 is 1.03 bits per heavy atom. The predicted octanol–water partition coefficient (Wildman–Crippen LogP) is 4.03. The lowest BCUT2D eigenvalue weighted by atomic mass is 10.2. The molecular weight excluding hydrogens is 432 g/mol. The summed E-state index contributed by atoms with van der Waals surface area (Å²) in [6.07, 6.45) is 1.69. The van der Waals surface area contributed by atoms with Crippen molar-refractivity contribution in [1.29, 1.82) is 0 Å². The predicted molar refractivity (Wildman–Crippen MR) is 120 cm³/mol. The van der Waals surface area contributed by atoms with Crippen LogP contribution in [0.15, 0.2) is 53.1 Å². The largest absolute Gasteiger partial charge is 0.454 e. The molecule has 0 aliphatic heterocycles. The molecule has 2 amide bonds. The van der Waals surface area contributed by atoms with Gasteiger partial charge in [-0.1, -0.05) is 17.7 Å². The van der Waals surface area contributed by atoms with Gasteiger partial charge in [-0.3, -0.25) is 19.0 Å². The molecule has 0 aliphatic rings. The third-order valence-electron chi connectivity index (χ3n) is 4.81. The fraction of sp³-hybridized carbons (Fsp3) is 0.182. The lowest BCUT2D eigenvalue weighted by Gasteiger charge is -2.07. The van der Waals surface area contributed by atoms with E-state index in [-0.39, 0.29) is 11.7 Å². The molecule has 0 fully saturated rings. The fourth-order valence-electron chi connectivity index (χ4n) is 3.16. The Kier molecular flexibility index (Phi) is 5.83. The van der Waals surface area contributed by atoms with Crippen molar-refractivity contribution in [2.45, 2.75) is 20.4 Å². The van der Waals surface area contributed by atoms with Crippen LogP contribution in [0.2, 0.25) is 5.02 Å². The van der Waals surface area contributed by atoms with Crippen LogP contribution in [0.1, 0.15) is 38.2 Å². The second-order valence-corrected chi connectivity index (χ2v) is 7.65. The lowest BCUT2D eigenvalue weighted by Crippen LogP contribution is -2.14. The number of carbonyl (C=O) groups excluding carboxylic acids is 2. The maximum Gasteiger partial charge on any atom is 0.291 e. The Morgan fingerprint density at radius 3 is 2.38 bits per heavy atom. The van der Waals surface area contributed by atoms with E-state index in [1.54, 1.807) is 65.1 Å². The highest BCUT2D eigenvalue weighted by atomic mass is 35.5. The number of benzene rings is 1. The van der Waals surface area contributed by atoms with Crippen LogP contribution in [0.3, 0.4) is 0 Å². The Morgan fingerprint density at radius 2 is 1.75 bits per heavy atom. The minimum absolute atomic E-state index is 0.163. The molecular formula is C22H21ClN6O3. The number of furan rings is 1. The van der Waals surface area contributed by atoms with Crippen molar-refractivity contribution in [1.82, 2.24) is 19.6 Å². The number of anilines is 2. The fourth-order valence-corrected chi connectivity index (χ4v) is 3.30. The zero-order valence-electron chi connectivity index (χ0n) is 17.7. The van der Waals surface area contributed by atoms with Gasteiger partial charge < -0.3 is 15.1 Å². The number of nitrogens with zero attached hydrogens (tertiary/aromatic N) is 4. The van der Waals surface area contributed by atoms with Crippen molar-refractivity contribution in [2.75, 3.05) is 10.6 Å². The number of hydrogen-bond acceptors (Lipinski definition) is 5. The summed E-state index contributed by atoms with van der Waals surface area (Å²) in [5, 5.41) is 14.6. The van der Waals surface area contributed by atoms with Crippen LogP contribution < -0.4 is 10.6 Å². The normalized spacial score (nSPS) is 10.9. The molecule has 1 aromatic carbocycles. The van der Waals surface area contributed by atoms with Crippen molar-refractivity contribution in [3.05, 3.63) is 82.3 Å². The maximum atomic E-state index is 12.6. The summed E-state index contributed by atoms with van der Waals surface area (Å²) in [6, 6.07) is 11.8. The number of nitrogens with one attached hydrogen (secondary N) is 2. The van der Waals surface area contributed by atoms with Gasteiger partial charge in [-0.15, -0.1) is 0 Å². The molecule has 32 heavy (non-hydrogen) atoms. The lowest BCUT2D eigenvalue weighted by molar-refractivity contribution is 0.0992. The molecule has 0 aliphatic carbocycles. The standard InChI is InChI=1S/C22H21ClN6O3/c1-13-20(23)14(2)29(26-13)12-17-7-8-19(32-17)22(31)25-16-6-4-5-15(11-16)24-21(30)18-9-10-28(3)27-18/h4-11H,12H2,1-3H3,(H,24,30)(H,25,31). The van der Waals surface area contributed by atoms with Gasteiger partial charge >= 0.3 is 0 Å². The first-order valence-corrected chi connectivity index (χ1v) is 10.2. The van der Waals surface area contributed by atoms with Gasteiger partial charge in [-0.05, 0) is 50.2 Å². The topological polar surface area (TPSA) is 107 Å². The average Bonchev–Trinajstić information content (AvgIpc) is 3.46. The van der Waals surface area contributed by atoms with Gasteiger partial charge in [0.25, 0.3) is 11.8 Å². The van der Waals surface area contributed by atoms with Crippen molar-refractivity contribution >= 4 is 34.8 Å². The zero-order chi connectivity index (χ0) is 22.8. The van der Waals surface area contributed by atoms with Crippen LogP contribution in [0, 0.1) is 13.8 Å². The molecule has 4 aromatic rings. The first kappa shape index (κ1) is 21.4. The highest BCUT2D eigenvalue weighted by Crippen LogP contribution is 2.21. The number of amides is 2. The van der Waals surface area contributed by atoms with Crippen LogP contribution in [-0.2, 0) is 13.6 Å². The smallest absolute Gasteiger partial charge is 0.291 e. The molecule has 0 spiro atoms.